The molecule has 21 heavy (non-hydrogen) atoms. The number of hydrogen-bond acceptors (Lipinski definition) is 4. The SMILES string of the molecule is CNc1cc(CC(C)C)nc(COCC(F)(F)C(F)F)n1. The first kappa shape index (κ1) is 17.6. The number of halogens is 4. The molecular formula is C13H19F4N3O. The predicted octanol–water partition coefficient (Wildman–Crippen LogP) is 3.13. The van der Waals surface area contributed by atoms with Crippen LogP contribution in [0.4, 0.5) is 23.4 Å². The summed E-state index contributed by atoms with van der Waals surface area (Å²) in [6, 6.07) is 1.75. The van der Waals surface area contributed by atoms with E-state index in [0.29, 0.717) is 18.2 Å². The van der Waals surface area contributed by atoms with Crippen LogP contribution in [0, 0.1) is 5.92 Å². The Morgan fingerprint density at radius 2 is 1.95 bits per heavy atom. The third kappa shape index (κ3) is 5.82. The van der Waals surface area contributed by atoms with Crippen LogP contribution >= 0.6 is 0 Å². The average Bonchev–Trinajstić information content (AvgIpc) is 2.37. The van der Waals surface area contributed by atoms with Crippen LogP contribution < -0.4 is 5.32 Å². The van der Waals surface area contributed by atoms with Crippen molar-refractivity contribution in [1.82, 2.24) is 9.97 Å². The average molecular weight is 309 g/mol. The molecule has 0 aliphatic rings. The standard InChI is InChI=1S/C13H19F4N3O/c1-8(2)4-9-5-10(18-3)20-11(19-9)6-21-7-13(16,17)12(14)15/h5,8,12H,4,6-7H2,1-3H3,(H,18,19,20). The normalized spacial score (nSPS) is 12.2. The van der Waals surface area contributed by atoms with Gasteiger partial charge in [-0.2, -0.15) is 8.78 Å². The minimum absolute atomic E-state index is 0.183. The van der Waals surface area contributed by atoms with Gasteiger partial charge in [-0.1, -0.05) is 13.8 Å². The Morgan fingerprint density at radius 3 is 2.48 bits per heavy atom. The molecule has 1 N–H and O–H groups in total. The van der Waals surface area contributed by atoms with Crippen molar-refractivity contribution < 1.29 is 22.3 Å². The van der Waals surface area contributed by atoms with E-state index in [1.165, 1.54) is 0 Å². The van der Waals surface area contributed by atoms with Gasteiger partial charge in [0.15, 0.2) is 5.82 Å². The second-order valence-electron chi connectivity index (χ2n) is 5.06. The van der Waals surface area contributed by atoms with E-state index in [-0.39, 0.29) is 12.4 Å². The van der Waals surface area contributed by atoms with Crippen molar-refractivity contribution in [2.75, 3.05) is 19.0 Å². The van der Waals surface area contributed by atoms with Gasteiger partial charge < -0.3 is 10.1 Å². The van der Waals surface area contributed by atoms with Crippen LogP contribution in [0.1, 0.15) is 25.4 Å². The molecule has 1 aromatic heterocycles. The van der Waals surface area contributed by atoms with E-state index in [9.17, 15) is 17.6 Å². The molecule has 0 fully saturated rings. The molecule has 1 aromatic rings. The molecule has 0 aromatic carbocycles. The second-order valence-corrected chi connectivity index (χ2v) is 5.06. The number of rotatable bonds is 8. The van der Waals surface area contributed by atoms with E-state index in [1.807, 2.05) is 13.8 Å². The van der Waals surface area contributed by atoms with Gasteiger partial charge in [0, 0.05) is 18.8 Å². The molecule has 0 atom stereocenters. The maximum absolute atomic E-state index is 12.7. The summed E-state index contributed by atoms with van der Waals surface area (Å²) in [5.41, 5.74) is 0.739. The number of anilines is 1. The van der Waals surface area contributed by atoms with E-state index in [2.05, 4.69) is 20.0 Å². The summed E-state index contributed by atoms with van der Waals surface area (Å²) >= 11 is 0. The van der Waals surface area contributed by atoms with Gasteiger partial charge >= 0.3 is 12.3 Å². The highest BCUT2D eigenvalue weighted by Crippen LogP contribution is 2.23. The van der Waals surface area contributed by atoms with E-state index >= 15 is 0 Å². The van der Waals surface area contributed by atoms with Crippen LogP contribution in [0.2, 0.25) is 0 Å². The minimum Gasteiger partial charge on any atom is -0.373 e. The highest BCUT2D eigenvalue weighted by molar-refractivity contribution is 5.35. The van der Waals surface area contributed by atoms with Crippen LogP contribution in [0.3, 0.4) is 0 Å². The molecule has 0 bridgehead atoms. The summed E-state index contributed by atoms with van der Waals surface area (Å²) < 4.78 is 54.0. The van der Waals surface area contributed by atoms with E-state index in [1.54, 1.807) is 13.1 Å². The first-order chi connectivity index (χ1) is 9.74. The van der Waals surface area contributed by atoms with Gasteiger partial charge in [0.1, 0.15) is 19.0 Å². The summed E-state index contributed by atoms with van der Waals surface area (Å²) in [7, 11) is 1.66. The molecular weight excluding hydrogens is 290 g/mol. The molecule has 0 aliphatic carbocycles. The zero-order valence-electron chi connectivity index (χ0n) is 12.2. The van der Waals surface area contributed by atoms with Gasteiger partial charge in [-0.3, -0.25) is 0 Å². The predicted molar refractivity (Wildman–Crippen MR) is 70.7 cm³/mol. The molecule has 0 radical (unpaired) electrons. The fourth-order valence-corrected chi connectivity index (χ4v) is 1.61. The zero-order chi connectivity index (χ0) is 16.0. The molecule has 0 amide bonds. The molecule has 0 saturated carbocycles. The van der Waals surface area contributed by atoms with Crippen molar-refractivity contribution in [2.24, 2.45) is 5.92 Å². The lowest BCUT2D eigenvalue weighted by molar-refractivity contribution is -0.168. The lowest BCUT2D eigenvalue weighted by atomic mass is 10.1. The lowest BCUT2D eigenvalue weighted by Gasteiger charge is -2.15. The first-order valence-electron chi connectivity index (χ1n) is 6.53. The third-order valence-electron chi connectivity index (χ3n) is 2.54. The van der Waals surface area contributed by atoms with Crippen molar-refractivity contribution >= 4 is 5.82 Å². The number of aromatic nitrogens is 2. The van der Waals surface area contributed by atoms with Crippen molar-refractivity contribution in [2.45, 2.75) is 39.2 Å². The molecule has 0 aliphatic heterocycles. The van der Waals surface area contributed by atoms with Gasteiger partial charge in [0.05, 0.1) is 0 Å². The number of hydrogen-bond donors (Lipinski definition) is 1. The summed E-state index contributed by atoms with van der Waals surface area (Å²) in [5.74, 6) is -3.09. The minimum atomic E-state index is -4.17. The van der Waals surface area contributed by atoms with Crippen LogP contribution in [0.25, 0.3) is 0 Å². The Labute approximate surface area is 120 Å². The molecule has 8 heteroatoms. The van der Waals surface area contributed by atoms with Gasteiger partial charge in [-0.25, -0.2) is 18.7 Å². The highest BCUT2D eigenvalue weighted by atomic mass is 19.3. The summed E-state index contributed by atoms with van der Waals surface area (Å²) in [4.78, 5) is 8.22. The fraction of sp³-hybridized carbons (Fsp3) is 0.692. The number of ether oxygens (including phenoxy) is 1. The van der Waals surface area contributed by atoms with Crippen LogP contribution in [-0.4, -0.2) is 36.0 Å². The summed E-state index contributed by atoms with van der Waals surface area (Å²) in [6.45, 7) is 2.32. The van der Waals surface area contributed by atoms with Gasteiger partial charge in [-0.15, -0.1) is 0 Å². The highest BCUT2D eigenvalue weighted by Gasteiger charge is 2.41. The molecule has 0 saturated heterocycles. The monoisotopic (exact) mass is 309 g/mol. The molecule has 0 unspecified atom stereocenters. The Bertz CT molecular complexity index is 455. The quantitative estimate of drug-likeness (QED) is 0.750. The Balaban J connectivity index is 2.70. The Kier molecular flexibility index (Phi) is 6.32. The molecule has 120 valence electrons. The summed E-state index contributed by atoms with van der Waals surface area (Å²) in [6.07, 6.45) is -3.06. The Morgan fingerprint density at radius 1 is 1.29 bits per heavy atom. The number of nitrogens with one attached hydrogen (secondary N) is 1. The largest absolute Gasteiger partial charge is 0.373 e. The maximum atomic E-state index is 12.7. The number of nitrogens with zero attached hydrogens (tertiary/aromatic N) is 2. The van der Waals surface area contributed by atoms with Gasteiger partial charge in [0.2, 0.25) is 0 Å². The number of alkyl halides is 4. The van der Waals surface area contributed by atoms with E-state index in [0.717, 1.165) is 5.69 Å². The van der Waals surface area contributed by atoms with Gasteiger partial charge in [0.25, 0.3) is 0 Å². The van der Waals surface area contributed by atoms with Crippen LogP contribution in [0.5, 0.6) is 0 Å². The van der Waals surface area contributed by atoms with E-state index < -0.39 is 19.0 Å². The van der Waals surface area contributed by atoms with Gasteiger partial charge in [-0.05, 0) is 12.3 Å². The van der Waals surface area contributed by atoms with Crippen LogP contribution in [-0.2, 0) is 17.8 Å². The first-order valence-corrected chi connectivity index (χ1v) is 6.53. The maximum Gasteiger partial charge on any atom is 0.330 e. The topological polar surface area (TPSA) is 47.0 Å². The van der Waals surface area contributed by atoms with Crippen molar-refractivity contribution in [1.29, 1.82) is 0 Å². The Hall–Kier alpha value is -1.44. The fourth-order valence-electron chi connectivity index (χ4n) is 1.61. The third-order valence-corrected chi connectivity index (χ3v) is 2.54. The lowest BCUT2D eigenvalue weighted by Crippen LogP contribution is -2.32. The van der Waals surface area contributed by atoms with Crippen molar-refractivity contribution in [3.05, 3.63) is 17.6 Å². The zero-order valence-corrected chi connectivity index (χ0v) is 12.2. The smallest absolute Gasteiger partial charge is 0.330 e. The van der Waals surface area contributed by atoms with Crippen molar-refractivity contribution in [3.63, 3.8) is 0 Å². The van der Waals surface area contributed by atoms with Crippen LogP contribution in [0.15, 0.2) is 6.07 Å². The van der Waals surface area contributed by atoms with E-state index in [4.69, 9.17) is 0 Å². The molecule has 0 spiro atoms. The van der Waals surface area contributed by atoms with Crippen molar-refractivity contribution in [3.8, 4) is 0 Å². The second kappa shape index (κ2) is 7.53. The molecule has 1 heterocycles. The molecule has 1 rings (SSSR count). The summed E-state index contributed by atoms with van der Waals surface area (Å²) in [5, 5.41) is 2.83. The molecule has 4 nitrogen and oxygen atoms in total.